The molecule has 1 atom stereocenters. The van der Waals surface area contributed by atoms with E-state index in [9.17, 15) is 4.79 Å². The zero-order valence-electron chi connectivity index (χ0n) is 13.3. The van der Waals surface area contributed by atoms with Crippen LogP contribution in [-0.4, -0.2) is 18.6 Å². The first-order valence-corrected chi connectivity index (χ1v) is 8.41. The van der Waals surface area contributed by atoms with Gasteiger partial charge >= 0.3 is 0 Å². The lowest BCUT2D eigenvalue weighted by molar-refractivity contribution is -0.122. The van der Waals surface area contributed by atoms with Crippen molar-refractivity contribution in [2.75, 3.05) is 11.9 Å². The first kappa shape index (κ1) is 17.5. The number of anilines is 1. The number of carbonyl (C=O) groups is 1. The molecule has 122 valence electrons. The third kappa shape index (κ3) is 5.37. The van der Waals surface area contributed by atoms with Crippen LogP contribution in [0.5, 0.6) is 5.75 Å². The van der Waals surface area contributed by atoms with Gasteiger partial charge in [-0.1, -0.05) is 47.1 Å². The van der Waals surface area contributed by atoms with E-state index < -0.39 is 6.10 Å². The van der Waals surface area contributed by atoms with E-state index in [0.717, 1.165) is 22.3 Å². The summed E-state index contributed by atoms with van der Waals surface area (Å²) in [7, 11) is 0. The van der Waals surface area contributed by atoms with E-state index in [1.54, 1.807) is 6.92 Å². The second-order valence-electron chi connectivity index (χ2n) is 5.14. The summed E-state index contributed by atoms with van der Waals surface area (Å²) in [6, 6.07) is 15.2. The maximum absolute atomic E-state index is 12.4. The highest BCUT2D eigenvalue weighted by Crippen LogP contribution is 2.20. The van der Waals surface area contributed by atoms with E-state index in [1.165, 1.54) is 0 Å². The van der Waals surface area contributed by atoms with Crippen molar-refractivity contribution in [2.24, 2.45) is 0 Å². The standard InChI is InChI=1S/C18H21BrN2O2/c1-3-20-12-14-7-4-5-10-17(14)21-18(22)13(2)23-16-9-6-8-15(19)11-16/h4-11,13,20H,3,12H2,1-2H3,(H,21,22). The van der Waals surface area contributed by atoms with Gasteiger partial charge in [0.1, 0.15) is 5.75 Å². The average Bonchev–Trinajstić information content (AvgIpc) is 2.54. The first-order chi connectivity index (χ1) is 11.1. The Bertz CT molecular complexity index is 661. The number of nitrogens with one attached hydrogen (secondary N) is 2. The van der Waals surface area contributed by atoms with Gasteiger partial charge in [-0.15, -0.1) is 0 Å². The number of carbonyl (C=O) groups excluding carboxylic acids is 1. The SMILES string of the molecule is CCNCc1ccccc1NC(=O)C(C)Oc1cccc(Br)c1. The molecular weight excluding hydrogens is 356 g/mol. The number of halogens is 1. The summed E-state index contributed by atoms with van der Waals surface area (Å²) in [5.41, 5.74) is 1.86. The number of hydrogen-bond donors (Lipinski definition) is 2. The summed E-state index contributed by atoms with van der Waals surface area (Å²) in [6.45, 7) is 5.39. The van der Waals surface area contributed by atoms with Crippen LogP contribution in [0.4, 0.5) is 5.69 Å². The highest BCUT2D eigenvalue weighted by Gasteiger charge is 2.16. The molecule has 0 radical (unpaired) electrons. The Balaban J connectivity index is 2.01. The third-order valence-corrected chi connectivity index (χ3v) is 3.81. The summed E-state index contributed by atoms with van der Waals surface area (Å²) in [5.74, 6) is 0.483. The molecule has 0 saturated heterocycles. The van der Waals surface area contributed by atoms with Crippen LogP contribution in [0, 0.1) is 0 Å². The van der Waals surface area contributed by atoms with Crippen LogP contribution in [0.25, 0.3) is 0 Å². The van der Waals surface area contributed by atoms with Crippen LogP contribution >= 0.6 is 15.9 Å². The van der Waals surface area contributed by atoms with Gasteiger partial charge in [-0.05, 0) is 43.3 Å². The van der Waals surface area contributed by atoms with E-state index in [-0.39, 0.29) is 5.91 Å². The normalized spacial score (nSPS) is 11.8. The molecule has 2 aromatic carbocycles. The van der Waals surface area contributed by atoms with Crippen LogP contribution in [0.15, 0.2) is 53.0 Å². The zero-order valence-corrected chi connectivity index (χ0v) is 14.9. The Morgan fingerprint density at radius 2 is 2.00 bits per heavy atom. The Morgan fingerprint density at radius 1 is 1.22 bits per heavy atom. The van der Waals surface area contributed by atoms with Crippen LogP contribution < -0.4 is 15.4 Å². The Labute approximate surface area is 145 Å². The molecule has 0 aromatic heterocycles. The highest BCUT2D eigenvalue weighted by atomic mass is 79.9. The fraction of sp³-hybridized carbons (Fsp3) is 0.278. The maximum Gasteiger partial charge on any atom is 0.265 e. The maximum atomic E-state index is 12.4. The van der Waals surface area contributed by atoms with Gasteiger partial charge in [0, 0.05) is 16.7 Å². The Kier molecular flexibility index (Phi) is 6.62. The summed E-state index contributed by atoms with van der Waals surface area (Å²) in [6.07, 6.45) is -0.587. The molecule has 0 aliphatic carbocycles. The third-order valence-electron chi connectivity index (χ3n) is 3.32. The number of rotatable bonds is 7. The quantitative estimate of drug-likeness (QED) is 0.768. The topological polar surface area (TPSA) is 50.4 Å². The molecule has 2 N–H and O–H groups in total. The largest absolute Gasteiger partial charge is 0.481 e. The van der Waals surface area contributed by atoms with E-state index in [4.69, 9.17) is 4.74 Å². The monoisotopic (exact) mass is 376 g/mol. The first-order valence-electron chi connectivity index (χ1n) is 7.62. The molecule has 2 rings (SSSR count). The lowest BCUT2D eigenvalue weighted by Gasteiger charge is -2.17. The van der Waals surface area contributed by atoms with Gasteiger partial charge in [-0.3, -0.25) is 4.79 Å². The van der Waals surface area contributed by atoms with Gasteiger partial charge in [-0.2, -0.15) is 0 Å². The van der Waals surface area contributed by atoms with Crippen molar-refractivity contribution in [3.05, 3.63) is 58.6 Å². The number of amides is 1. The molecule has 0 bridgehead atoms. The second-order valence-corrected chi connectivity index (χ2v) is 6.06. The van der Waals surface area contributed by atoms with Crippen molar-refractivity contribution in [1.29, 1.82) is 0 Å². The van der Waals surface area contributed by atoms with Crippen molar-refractivity contribution >= 4 is 27.5 Å². The molecule has 2 aromatic rings. The number of hydrogen-bond acceptors (Lipinski definition) is 3. The highest BCUT2D eigenvalue weighted by molar-refractivity contribution is 9.10. The van der Waals surface area contributed by atoms with E-state index >= 15 is 0 Å². The van der Waals surface area contributed by atoms with Crippen LogP contribution in [0.1, 0.15) is 19.4 Å². The van der Waals surface area contributed by atoms with Gasteiger partial charge < -0.3 is 15.4 Å². The van der Waals surface area contributed by atoms with Crippen molar-refractivity contribution in [2.45, 2.75) is 26.5 Å². The summed E-state index contributed by atoms with van der Waals surface area (Å²) in [5, 5.41) is 6.20. The molecule has 23 heavy (non-hydrogen) atoms. The molecule has 0 aliphatic heterocycles. The van der Waals surface area contributed by atoms with Crippen LogP contribution in [-0.2, 0) is 11.3 Å². The van der Waals surface area contributed by atoms with Crippen molar-refractivity contribution in [3.8, 4) is 5.75 Å². The molecule has 0 aliphatic rings. The van der Waals surface area contributed by atoms with Gasteiger partial charge in [0.15, 0.2) is 6.10 Å². The van der Waals surface area contributed by atoms with Crippen molar-refractivity contribution in [1.82, 2.24) is 5.32 Å². The van der Waals surface area contributed by atoms with Crippen molar-refractivity contribution < 1.29 is 9.53 Å². The van der Waals surface area contributed by atoms with E-state index in [2.05, 4.69) is 33.5 Å². The van der Waals surface area contributed by atoms with E-state index in [0.29, 0.717) is 12.3 Å². The van der Waals surface area contributed by atoms with Gasteiger partial charge in [0.25, 0.3) is 5.91 Å². The minimum Gasteiger partial charge on any atom is -0.481 e. The summed E-state index contributed by atoms with van der Waals surface area (Å²) < 4.78 is 6.61. The Morgan fingerprint density at radius 3 is 2.74 bits per heavy atom. The number of benzene rings is 2. The van der Waals surface area contributed by atoms with Crippen molar-refractivity contribution in [3.63, 3.8) is 0 Å². The number of ether oxygens (including phenoxy) is 1. The molecule has 4 nitrogen and oxygen atoms in total. The van der Waals surface area contributed by atoms with Gasteiger partial charge in [0.2, 0.25) is 0 Å². The predicted molar refractivity (Wildman–Crippen MR) is 96.7 cm³/mol. The summed E-state index contributed by atoms with van der Waals surface area (Å²) in [4.78, 5) is 12.4. The van der Waals surface area contributed by atoms with Gasteiger partial charge in [0.05, 0.1) is 0 Å². The second kappa shape index (κ2) is 8.70. The molecule has 0 saturated carbocycles. The Hall–Kier alpha value is -1.85. The fourth-order valence-electron chi connectivity index (χ4n) is 2.09. The van der Waals surface area contributed by atoms with Gasteiger partial charge in [-0.25, -0.2) is 0 Å². The molecular formula is C18H21BrN2O2. The molecule has 1 unspecified atom stereocenters. The van der Waals surface area contributed by atoms with Crippen LogP contribution in [0.3, 0.4) is 0 Å². The average molecular weight is 377 g/mol. The van der Waals surface area contributed by atoms with Crippen LogP contribution in [0.2, 0.25) is 0 Å². The summed E-state index contributed by atoms with van der Waals surface area (Å²) >= 11 is 3.39. The fourth-order valence-corrected chi connectivity index (χ4v) is 2.47. The lowest BCUT2D eigenvalue weighted by Crippen LogP contribution is -2.30. The molecule has 0 fully saturated rings. The molecule has 1 amide bonds. The molecule has 0 heterocycles. The molecule has 0 spiro atoms. The van der Waals surface area contributed by atoms with E-state index in [1.807, 2.05) is 48.5 Å². The molecule has 5 heteroatoms. The predicted octanol–water partition coefficient (Wildman–Crippen LogP) is 3.96. The number of para-hydroxylation sites is 1. The minimum atomic E-state index is -0.587. The minimum absolute atomic E-state index is 0.172. The lowest BCUT2D eigenvalue weighted by atomic mass is 10.1. The zero-order chi connectivity index (χ0) is 16.7. The smallest absolute Gasteiger partial charge is 0.265 e.